The number of rotatable bonds is 6. The van der Waals surface area contributed by atoms with E-state index in [1.54, 1.807) is 0 Å². The minimum absolute atomic E-state index is 0.301. The summed E-state index contributed by atoms with van der Waals surface area (Å²) < 4.78 is 0. The zero-order chi connectivity index (χ0) is 9.68. The molecule has 0 unspecified atom stereocenters. The summed E-state index contributed by atoms with van der Waals surface area (Å²) in [6.45, 7) is 9.34. The van der Waals surface area contributed by atoms with E-state index in [2.05, 4.69) is 24.1 Å². The molecule has 1 aliphatic heterocycles. The van der Waals surface area contributed by atoms with E-state index in [1.807, 2.05) is 0 Å². The largest absolute Gasteiger partial charge is 0.396 e. The highest BCUT2D eigenvalue weighted by atomic mass is 16.3. The van der Waals surface area contributed by atoms with Crippen molar-refractivity contribution in [1.82, 2.24) is 10.2 Å². The van der Waals surface area contributed by atoms with Gasteiger partial charge in [-0.15, -0.1) is 0 Å². The molecule has 13 heavy (non-hydrogen) atoms. The van der Waals surface area contributed by atoms with Crippen LogP contribution in [0, 0.1) is 5.92 Å². The molecule has 2 N–H and O–H groups in total. The van der Waals surface area contributed by atoms with E-state index in [-0.39, 0.29) is 0 Å². The summed E-state index contributed by atoms with van der Waals surface area (Å²) in [7, 11) is 0. The minimum Gasteiger partial charge on any atom is -0.396 e. The Morgan fingerprint density at radius 3 is 2.69 bits per heavy atom. The van der Waals surface area contributed by atoms with E-state index in [9.17, 15) is 0 Å². The van der Waals surface area contributed by atoms with Crippen LogP contribution in [0.5, 0.6) is 0 Å². The van der Waals surface area contributed by atoms with Crippen molar-refractivity contribution in [2.75, 3.05) is 32.8 Å². The van der Waals surface area contributed by atoms with Gasteiger partial charge in [-0.3, -0.25) is 0 Å². The topological polar surface area (TPSA) is 35.5 Å². The van der Waals surface area contributed by atoms with Gasteiger partial charge in [-0.2, -0.15) is 0 Å². The number of hydrogen-bond acceptors (Lipinski definition) is 3. The van der Waals surface area contributed by atoms with Crippen molar-refractivity contribution in [2.24, 2.45) is 5.92 Å². The lowest BCUT2D eigenvalue weighted by atomic mass is 9.98. The van der Waals surface area contributed by atoms with Crippen LogP contribution in [-0.2, 0) is 0 Å². The van der Waals surface area contributed by atoms with Gasteiger partial charge >= 0.3 is 0 Å². The Morgan fingerprint density at radius 2 is 2.15 bits per heavy atom. The molecule has 3 heteroatoms. The smallest absolute Gasteiger partial charge is 0.0443 e. The molecule has 1 rings (SSSR count). The van der Waals surface area contributed by atoms with Crippen LogP contribution in [0.2, 0.25) is 0 Å². The number of aliphatic hydroxyl groups excluding tert-OH is 1. The summed E-state index contributed by atoms with van der Waals surface area (Å²) in [6.07, 6.45) is 0.876. The molecule has 0 aliphatic carbocycles. The average molecular weight is 186 g/mol. The van der Waals surface area contributed by atoms with Gasteiger partial charge in [-0.1, -0.05) is 0 Å². The van der Waals surface area contributed by atoms with Crippen LogP contribution in [0.4, 0.5) is 0 Å². The normalized spacial score (nSPS) is 19.4. The summed E-state index contributed by atoms with van der Waals surface area (Å²) in [6, 6.07) is 0.702. The van der Waals surface area contributed by atoms with Crippen LogP contribution in [0.3, 0.4) is 0 Å². The monoisotopic (exact) mass is 186 g/mol. The quantitative estimate of drug-likeness (QED) is 0.586. The number of nitrogens with zero attached hydrogens (tertiary/aromatic N) is 1. The Kier molecular flexibility index (Phi) is 4.70. The van der Waals surface area contributed by atoms with Crippen LogP contribution in [0.15, 0.2) is 0 Å². The first-order valence-corrected chi connectivity index (χ1v) is 5.29. The van der Waals surface area contributed by atoms with E-state index >= 15 is 0 Å². The molecule has 0 aromatic rings. The fourth-order valence-corrected chi connectivity index (χ4v) is 1.67. The molecule has 0 aromatic heterocycles. The van der Waals surface area contributed by atoms with Gasteiger partial charge in [0.1, 0.15) is 0 Å². The molecule has 0 aromatic carbocycles. The highest BCUT2D eigenvalue weighted by molar-refractivity contribution is 4.83. The number of nitrogens with one attached hydrogen (secondary N) is 1. The summed E-state index contributed by atoms with van der Waals surface area (Å²) in [5.74, 6) is 0.834. The van der Waals surface area contributed by atoms with Crippen LogP contribution in [-0.4, -0.2) is 48.8 Å². The van der Waals surface area contributed by atoms with Crippen molar-refractivity contribution >= 4 is 0 Å². The van der Waals surface area contributed by atoms with Gasteiger partial charge in [0, 0.05) is 32.3 Å². The molecule has 78 valence electrons. The van der Waals surface area contributed by atoms with Crippen LogP contribution in [0.25, 0.3) is 0 Å². The van der Waals surface area contributed by atoms with E-state index < -0.39 is 0 Å². The fourth-order valence-electron chi connectivity index (χ4n) is 1.67. The molecule has 0 spiro atoms. The van der Waals surface area contributed by atoms with Crippen molar-refractivity contribution < 1.29 is 5.11 Å². The van der Waals surface area contributed by atoms with E-state index in [4.69, 9.17) is 5.11 Å². The van der Waals surface area contributed by atoms with Crippen molar-refractivity contribution in [3.8, 4) is 0 Å². The first-order chi connectivity index (χ1) is 6.24. The van der Waals surface area contributed by atoms with E-state index in [0.29, 0.717) is 12.6 Å². The first-order valence-electron chi connectivity index (χ1n) is 5.29. The molecule has 0 atom stereocenters. The first kappa shape index (κ1) is 11.0. The van der Waals surface area contributed by atoms with Gasteiger partial charge < -0.3 is 15.3 Å². The highest BCUT2D eigenvalue weighted by Gasteiger charge is 2.27. The van der Waals surface area contributed by atoms with Crippen molar-refractivity contribution in [3.05, 3.63) is 0 Å². The van der Waals surface area contributed by atoms with Gasteiger partial charge in [-0.25, -0.2) is 0 Å². The summed E-state index contributed by atoms with van der Waals surface area (Å²) in [5.41, 5.74) is 0. The fraction of sp³-hybridized carbons (Fsp3) is 1.00. The number of likely N-dealkylation sites (tertiary alicyclic amines) is 1. The second kappa shape index (κ2) is 5.58. The predicted octanol–water partition coefficient (Wildman–Crippen LogP) is 0.299. The second-order valence-electron chi connectivity index (χ2n) is 4.19. The summed E-state index contributed by atoms with van der Waals surface area (Å²) in [5, 5.41) is 11.9. The van der Waals surface area contributed by atoms with Gasteiger partial charge in [0.05, 0.1) is 0 Å². The molecule has 1 saturated heterocycles. The number of aliphatic hydroxyl groups is 1. The van der Waals surface area contributed by atoms with Crippen molar-refractivity contribution in [3.63, 3.8) is 0 Å². The predicted molar refractivity (Wildman–Crippen MR) is 54.8 cm³/mol. The maximum Gasteiger partial charge on any atom is 0.0443 e. The highest BCUT2D eigenvalue weighted by Crippen LogP contribution is 2.16. The molecule has 3 nitrogen and oxygen atoms in total. The Labute approximate surface area is 81.1 Å². The average Bonchev–Trinajstić information content (AvgIpc) is 2.00. The van der Waals surface area contributed by atoms with E-state index in [1.165, 1.54) is 13.1 Å². The SMILES string of the molecule is CC(C)N1CC(CNCCCO)C1. The molecule has 1 fully saturated rings. The molecular formula is C10H22N2O. The van der Waals surface area contributed by atoms with Crippen LogP contribution < -0.4 is 5.32 Å². The maximum atomic E-state index is 8.57. The molecular weight excluding hydrogens is 164 g/mol. The standard InChI is InChI=1S/C10H22N2O/c1-9(2)12-7-10(8-12)6-11-4-3-5-13/h9-11,13H,3-8H2,1-2H3. The summed E-state index contributed by atoms with van der Waals surface area (Å²) >= 11 is 0. The van der Waals surface area contributed by atoms with Gasteiger partial charge in [0.15, 0.2) is 0 Å². The summed E-state index contributed by atoms with van der Waals surface area (Å²) in [4.78, 5) is 2.48. The Hall–Kier alpha value is -0.120. The molecule has 0 bridgehead atoms. The maximum absolute atomic E-state index is 8.57. The third-order valence-corrected chi connectivity index (χ3v) is 2.66. The van der Waals surface area contributed by atoms with Crippen LogP contribution >= 0.6 is 0 Å². The molecule has 1 heterocycles. The van der Waals surface area contributed by atoms with Crippen molar-refractivity contribution in [2.45, 2.75) is 26.3 Å². The third-order valence-electron chi connectivity index (χ3n) is 2.66. The number of hydrogen-bond donors (Lipinski definition) is 2. The lowest BCUT2D eigenvalue weighted by molar-refractivity contribution is 0.0675. The van der Waals surface area contributed by atoms with Gasteiger partial charge in [0.2, 0.25) is 0 Å². The van der Waals surface area contributed by atoms with Gasteiger partial charge in [0.25, 0.3) is 0 Å². The Bertz CT molecular complexity index is 133. The molecule has 0 amide bonds. The zero-order valence-electron chi connectivity index (χ0n) is 8.79. The lowest BCUT2D eigenvalue weighted by Gasteiger charge is -2.42. The Morgan fingerprint density at radius 1 is 1.46 bits per heavy atom. The third kappa shape index (κ3) is 3.63. The molecule has 0 saturated carbocycles. The second-order valence-corrected chi connectivity index (χ2v) is 4.19. The van der Waals surface area contributed by atoms with Gasteiger partial charge in [-0.05, 0) is 32.7 Å². The Balaban J connectivity index is 1.90. The van der Waals surface area contributed by atoms with Crippen LogP contribution in [0.1, 0.15) is 20.3 Å². The molecule has 1 aliphatic rings. The minimum atomic E-state index is 0.301. The zero-order valence-corrected chi connectivity index (χ0v) is 8.79. The lowest BCUT2D eigenvalue weighted by Crippen LogP contribution is -2.53. The van der Waals surface area contributed by atoms with Crippen molar-refractivity contribution in [1.29, 1.82) is 0 Å². The molecule has 0 radical (unpaired) electrons. The van der Waals surface area contributed by atoms with E-state index in [0.717, 1.165) is 25.4 Å².